The van der Waals surface area contributed by atoms with E-state index in [1.807, 2.05) is 11.8 Å². The molecule has 2 aliphatic rings. The van der Waals surface area contributed by atoms with Gasteiger partial charge in [0.05, 0.1) is 5.41 Å². The topological polar surface area (TPSA) is 57.6 Å². The Morgan fingerprint density at radius 2 is 1.75 bits per heavy atom. The zero-order valence-corrected chi connectivity index (χ0v) is 12.8. The average Bonchev–Trinajstić information content (AvgIpc) is 3.06. The van der Waals surface area contributed by atoms with Crippen molar-refractivity contribution in [1.29, 1.82) is 0 Å². The van der Waals surface area contributed by atoms with Gasteiger partial charge in [0.2, 0.25) is 5.91 Å². The standard InChI is InChI=1S/C16H27NO3/c1-3-7-16(14(19)20)10-11-17(12-16)13(18)15(4-2)8-5-6-9-15/h3-12H2,1-2H3,(H,19,20). The van der Waals surface area contributed by atoms with Crippen LogP contribution >= 0.6 is 0 Å². The van der Waals surface area contributed by atoms with Crippen LogP contribution in [0.1, 0.15) is 65.2 Å². The number of nitrogens with zero attached hydrogens (tertiary/aromatic N) is 1. The van der Waals surface area contributed by atoms with Gasteiger partial charge in [0.15, 0.2) is 0 Å². The second kappa shape index (κ2) is 5.74. The number of aliphatic carboxylic acids is 1. The fourth-order valence-electron chi connectivity index (χ4n) is 4.12. The molecule has 1 saturated carbocycles. The Morgan fingerprint density at radius 3 is 2.25 bits per heavy atom. The van der Waals surface area contributed by atoms with Crippen LogP contribution in [0.25, 0.3) is 0 Å². The van der Waals surface area contributed by atoms with Crippen molar-refractivity contribution >= 4 is 11.9 Å². The van der Waals surface area contributed by atoms with E-state index in [2.05, 4.69) is 6.92 Å². The summed E-state index contributed by atoms with van der Waals surface area (Å²) >= 11 is 0. The third-order valence-electron chi connectivity index (χ3n) is 5.51. The van der Waals surface area contributed by atoms with E-state index in [1.165, 1.54) is 0 Å². The summed E-state index contributed by atoms with van der Waals surface area (Å²) in [5, 5.41) is 9.54. The molecule has 0 aromatic carbocycles. The molecule has 1 aliphatic heterocycles. The van der Waals surface area contributed by atoms with E-state index in [0.29, 0.717) is 25.9 Å². The molecule has 4 nitrogen and oxygen atoms in total. The maximum absolute atomic E-state index is 12.8. The van der Waals surface area contributed by atoms with Crippen molar-refractivity contribution < 1.29 is 14.7 Å². The summed E-state index contributed by atoms with van der Waals surface area (Å²) in [5.41, 5.74) is -0.890. The molecule has 0 radical (unpaired) electrons. The van der Waals surface area contributed by atoms with Crippen LogP contribution in [0.4, 0.5) is 0 Å². The molecule has 1 amide bonds. The summed E-state index contributed by atoms with van der Waals surface area (Å²) < 4.78 is 0. The molecule has 1 aliphatic carbocycles. The Morgan fingerprint density at radius 1 is 1.10 bits per heavy atom. The maximum Gasteiger partial charge on any atom is 0.311 e. The summed E-state index contributed by atoms with van der Waals surface area (Å²) in [6.45, 7) is 5.14. The van der Waals surface area contributed by atoms with E-state index >= 15 is 0 Å². The van der Waals surface area contributed by atoms with Crippen molar-refractivity contribution in [1.82, 2.24) is 4.90 Å². The van der Waals surface area contributed by atoms with Crippen molar-refractivity contribution in [3.8, 4) is 0 Å². The summed E-state index contributed by atoms with van der Waals surface area (Å²) in [4.78, 5) is 26.3. The van der Waals surface area contributed by atoms with Gasteiger partial charge in [0.1, 0.15) is 0 Å². The first-order valence-corrected chi connectivity index (χ1v) is 8.02. The second-order valence-corrected chi connectivity index (χ2v) is 6.65. The van der Waals surface area contributed by atoms with Crippen molar-refractivity contribution in [3.63, 3.8) is 0 Å². The Hall–Kier alpha value is -1.06. The first-order chi connectivity index (χ1) is 9.49. The monoisotopic (exact) mass is 281 g/mol. The van der Waals surface area contributed by atoms with Gasteiger partial charge in [-0.2, -0.15) is 0 Å². The third-order valence-corrected chi connectivity index (χ3v) is 5.51. The predicted octanol–water partition coefficient (Wildman–Crippen LogP) is 3.06. The molecule has 0 bridgehead atoms. The number of carboxylic acids is 1. The number of carbonyl (C=O) groups excluding carboxylic acids is 1. The number of likely N-dealkylation sites (tertiary alicyclic amines) is 1. The van der Waals surface area contributed by atoms with Crippen LogP contribution in [-0.4, -0.2) is 35.0 Å². The van der Waals surface area contributed by atoms with Gasteiger partial charge in [-0.15, -0.1) is 0 Å². The van der Waals surface area contributed by atoms with Gasteiger partial charge in [-0.3, -0.25) is 9.59 Å². The van der Waals surface area contributed by atoms with Gasteiger partial charge in [0, 0.05) is 18.5 Å². The lowest BCUT2D eigenvalue weighted by Crippen LogP contribution is -2.43. The van der Waals surface area contributed by atoms with Crippen LogP contribution in [-0.2, 0) is 9.59 Å². The molecule has 1 heterocycles. The quantitative estimate of drug-likeness (QED) is 0.842. The van der Waals surface area contributed by atoms with Gasteiger partial charge >= 0.3 is 5.97 Å². The highest BCUT2D eigenvalue weighted by atomic mass is 16.4. The highest BCUT2D eigenvalue weighted by Gasteiger charge is 2.49. The molecule has 1 N–H and O–H groups in total. The molecule has 2 rings (SSSR count). The van der Waals surface area contributed by atoms with Crippen molar-refractivity contribution in [3.05, 3.63) is 0 Å². The lowest BCUT2D eigenvalue weighted by molar-refractivity contribution is -0.150. The average molecular weight is 281 g/mol. The first-order valence-electron chi connectivity index (χ1n) is 8.02. The van der Waals surface area contributed by atoms with Crippen LogP contribution in [0.5, 0.6) is 0 Å². The van der Waals surface area contributed by atoms with E-state index < -0.39 is 11.4 Å². The number of carbonyl (C=O) groups is 2. The smallest absolute Gasteiger partial charge is 0.311 e. The lowest BCUT2D eigenvalue weighted by atomic mass is 9.81. The Balaban J connectivity index is 2.12. The largest absolute Gasteiger partial charge is 0.481 e. The van der Waals surface area contributed by atoms with Crippen LogP contribution in [0.3, 0.4) is 0 Å². The van der Waals surface area contributed by atoms with Gasteiger partial charge in [-0.1, -0.05) is 33.1 Å². The van der Waals surface area contributed by atoms with E-state index in [0.717, 1.165) is 38.5 Å². The van der Waals surface area contributed by atoms with Crippen LogP contribution < -0.4 is 0 Å². The Kier molecular flexibility index (Phi) is 4.40. The van der Waals surface area contributed by atoms with Crippen LogP contribution in [0, 0.1) is 10.8 Å². The molecule has 1 saturated heterocycles. The molecule has 0 aromatic rings. The first kappa shape index (κ1) is 15.3. The second-order valence-electron chi connectivity index (χ2n) is 6.65. The number of amides is 1. The summed E-state index contributed by atoms with van der Waals surface area (Å²) in [6, 6.07) is 0. The molecule has 0 spiro atoms. The normalized spacial score (nSPS) is 28.8. The lowest BCUT2D eigenvalue weighted by Gasteiger charge is -2.32. The fourth-order valence-corrected chi connectivity index (χ4v) is 4.12. The van der Waals surface area contributed by atoms with Gasteiger partial charge in [-0.25, -0.2) is 0 Å². The molecule has 0 aromatic heterocycles. The van der Waals surface area contributed by atoms with E-state index in [1.54, 1.807) is 0 Å². The minimum Gasteiger partial charge on any atom is -0.481 e. The Labute approximate surface area is 121 Å². The maximum atomic E-state index is 12.8. The number of hydrogen-bond donors (Lipinski definition) is 1. The molecule has 1 atom stereocenters. The number of carboxylic acid groups (broad SMARTS) is 1. The predicted molar refractivity (Wildman–Crippen MR) is 77.4 cm³/mol. The minimum absolute atomic E-state index is 0.194. The zero-order chi connectivity index (χ0) is 14.8. The molecule has 114 valence electrons. The molecule has 4 heteroatoms. The van der Waals surface area contributed by atoms with Crippen LogP contribution in [0.15, 0.2) is 0 Å². The summed E-state index contributed by atoms with van der Waals surface area (Å²) in [6.07, 6.45) is 7.24. The highest BCUT2D eigenvalue weighted by molar-refractivity contribution is 5.85. The number of hydrogen-bond acceptors (Lipinski definition) is 2. The summed E-state index contributed by atoms with van der Waals surface area (Å²) in [5.74, 6) is -0.511. The van der Waals surface area contributed by atoms with E-state index in [9.17, 15) is 14.7 Å². The van der Waals surface area contributed by atoms with E-state index in [-0.39, 0.29) is 11.3 Å². The summed E-state index contributed by atoms with van der Waals surface area (Å²) in [7, 11) is 0. The van der Waals surface area contributed by atoms with Crippen molar-refractivity contribution in [2.45, 2.75) is 65.2 Å². The van der Waals surface area contributed by atoms with Gasteiger partial charge < -0.3 is 10.0 Å². The Bertz CT molecular complexity index is 387. The van der Waals surface area contributed by atoms with Gasteiger partial charge in [-0.05, 0) is 32.1 Å². The molecule has 1 unspecified atom stereocenters. The zero-order valence-electron chi connectivity index (χ0n) is 12.8. The molecule has 2 fully saturated rings. The molecular formula is C16H27NO3. The number of rotatable bonds is 5. The fraction of sp³-hybridized carbons (Fsp3) is 0.875. The SMILES string of the molecule is CCCC1(C(=O)O)CCN(C(=O)C2(CC)CCCC2)C1. The highest BCUT2D eigenvalue weighted by Crippen LogP contribution is 2.45. The van der Waals surface area contributed by atoms with Crippen molar-refractivity contribution in [2.24, 2.45) is 10.8 Å². The third kappa shape index (κ3) is 2.45. The van der Waals surface area contributed by atoms with Crippen LogP contribution in [0.2, 0.25) is 0 Å². The van der Waals surface area contributed by atoms with Crippen molar-refractivity contribution in [2.75, 3.05) is 13.1 Å². The molecular weight excluding hydrogens is 254 g/mol. The van der Waals surface area contributed by atoms with E-state index in [4.69, 9.17) is 0 Å². The van der Waals surface area contributed by atoms with Gasteiger partial charge in [0.25, 0.3) is 0 Å². The molecule has 20 heavy (non-hydrogen) atoms. The minimum atomic E-state index is -0.730.